The molecule has 0 rings (SSSR count). The highest BCUT2D eigenvalue weighted by molar-refractivity contribution is 4.51. The van der Waals surface area contributed by atoms with E-state index in [9.17, 15) is 5.11 Å². The number of aliphatic hydroxyl groups excluding tert-OH is 1. The third kappa shape index (κ3) is 22.9. The molecule has 0 radical (unpaired) electrons. The van der Waals surface area contributed by atoms with Gasteiger partial charge in [-0.3, -0.25) is 0 Å². The highest BCUT2D eigenvalue weighted by Crippen LogP contribution is 2.15. The van der Waals surface area contributed by atoms with E-state index in [1.54, 1.807) is 0 Å². The van der Waals surface area contributed by atoms with Crippen LogP contribution >= 0.6 is 0 Å². The Balaban J connectivity index is 3.47. The van der Waals surface area contributed by atoms with E-state index >= 15 is 0 Å². The van der Waals surface area contributed by atoms with Crippen LogP contribution in [0.5, 0.6) is 0 Å². The van der Waals surface area contributed by atoms with Crippen molar-refractivity contribution in [2.45, 2.75) is 155 Å². The average molecular weight is 441 g/mol. The summed E-state index contributed by atoms with van der Waals surface area (Å²) in [6.45, 7) is 8.37. The minimum Gasteiger partial charge on any atom is -0.391 e. The van der Waals surface area contributed by atoms with Gasteiger partial charge in [-0.05, 0) is 25.7 Å². The van der Waals surface area contributed by atoms with Crippen molar-refractivity contribution < 1.29 is 9.59 Å². The van der Waals surface area contributed by atoms with Crippen molar-refractivity contribution in [3.8, 4) is 0 Å². The topological polar surface area (TPSA) is 20.2 Å². The molecule has 1 N–H and O–H groups in total. The Hall–Kier alpha value is -0.0800. The van der Waals surface area contributed by atoms with Crippen LogP contribution in [0.25, 0.3) is 0 Å². The van der Waals surface area contributed by atoms with Crippen molar-refractivity contribution in [2.75, 3.05) is 33.3 Å². The zero-order valence-corrected chi connectivity index (χ0v) is 22.3. The maximum absolute atomic E-state index is 9.49. The number of quaternary nitrogens is 1. The monoisotopic (exact) mass is 440 g/mol. The second kappa shape index (κ2) is 24.6. The standard InChI is InChI=1S/C29H62NO/c1-4-6-8-10-12-13-14-15-16-17-18-19-20-21-23-25-27-30(3,28-29-31)26-24-22-11-9-7-5-2/h31H,4-29H2,1-3H3/q+1. The molecule has 1 unspecified atom stereocenters. The highest BCUT2D eigenvalue weighted by Gasteiger charge is 2.19. The van der Waals surface area contributed by atoms with Crippen molar-refractivity contribution in [1.82, 2.24) is 0 Å². The van der Waals surface area contributed by atoms with Crippen LogP contribution in [0.2, 0.25) is 0 Å². The summed E-state index contributed by atoms with van der Waals surface area (Å²) < 4.78 is 1.09. The lowest BCUT2D eigenvalue weighted by atomic mass is 10.0. The van der Waals surface area contributed by atoms with E-state index in [-0.39, 0.29) is 0 Å². The normalized spacial score (nSPS) is 13.5. The van der Waals surface area contributed by atoms with E-state index in [2.05, 4.69) is 20.9 Å². The van der Waals surface area contributed by atoms with Gasteiger partial charge in [-0.2, -0.15) is 0 Å². The molecule has 1 atom stereocenters. The molecular formula is C29H62NO+. The summed E-state index contributed by atoms with van der Waals surface area (Å²) in [7, 11) is 2.37. The molecule has 0 aliphatic heterocycles. The smallest absolute Gasteiger partial charge is 0.102 e. The minimum absolute atomic E-state index is 0.338. The lowest BCUT2D eigenvalue weighted by Gasteiger charge is -2.34. The van der Waals surface area contributed by atoms with E-state index in [0.29, 0.717) is 6.61 Å². The minimum atomic E-state index is 0.338. The quantitative estimate of drug-likeness (QED) is 0.105. The lowest BCUT2D eigenvalue weighted by Crippen LogP contribution is -2.47. The zero-order valence-electron chi connectivity index (χ0n) is 22.3. The van der Waals surface area contributed by atoms with Gasteiger partial charge < -0.3 is 9.59 Å². The van der Waals surface area contributed by atoms with Crippen molar-refractivity contribution in [2.24, 2.45) is 0 Å². The fraction of sp³-hybridized carbons (Fsp3) is 1.00. The number of likely N-dealkylation sites (N-methyl/N-ethyl adjacent to an activating group) is 1. The maximum atomic E-state index is 9.49. The largest absolute Gasteiger partial charge is 0.391 e. The third-order valence-corrected chi connectivity index (χ3v) is 7.24. The molecule has 0 fully saturated rings. The van der Waals surface area contributed by atoms with Gasteiger partial charge in [0.25, 0.3) is 0 Å². The molecule has 0 aromatic heterocycles. The molecule has 188 valence electrons. The van der Waals surface area contributed by atoms with E-state index < -0.39 is 0 Å². The number of aliphatic hydroxyl groups is 1. The first-order chi connectivity index (χ1) is 15.2. The molecule has 0 bridgehead atoms. The lowest BCUT2D eigenvalue weighted by molar-refractivity contribution is -0.910. The molecule has 0 heterocycles. The van der Waals surface area contributed by atoms with Gasteiger partial charge in [-0.15, -0.1) is 0 Å². The van der Waals surface area contributed by atoms with Gasteiger partial charge in [-0.25, -0.2) is 0 Å². The van der Waals surface area contributed by atoms with Crippen LogP contribution in [0.1, 0.15) is 155 Å². The summed E-state index contributed by atoms with van der Waals surface area (Å²) in [5.41, 5.74) is 0. The molecule has 0 aliphatic rings. The molecule has 0 aliphatic carbocycles. The Morgan fingerprint density at radius 3 is 0.903 bits per heavy atom. The van der Waals surface area contributed by atoms with E-state index in [1.807, 2.05) is 0 Å². The number of hydrogen-bond donors (Lipinski definition) is 1. The van der Waals surface area contributed by atoms with Crippen LogP contribution in [0.3, 0.4) is 0 Å². The van der Waals surface area contributed by atoms with Crippen LogP contribution in [-0.2, 0) is 0 Å². The summed E-state index contributed by atoms with van der Waals surface area (Å²) in [4.78, 5) is 0. The first-order valence-electron chi connectivity index (χ1n) is 14.6. The van der Waals surface area contributed by atoms with Crippen LogP contribution in [0.4, 0.5) is 0 Å². The number of rotatable bonds is 26. The van der Waals surface area contributed by atoms with Gasteiger partial charge >= 0.3 is 0 Å². The predicted octanol–water partition coefficient (Wildman–Crippen LogP) is 9.05. The Bertz CT molecular complexity index is 333. The van der Waals surface area contributed by atoms with Crippen molar-refractivity contribution in [3.05, 3.63) is 0 Å². The Labute approximate surface area is 198 Å². The fourth-order valence-electron chi connectivity index (χ4n) is 4.89. The molecule has 0 saturated carbocycles. The van der Waals surface area contributed by atoms with Gasteiger partial charge in [-0.1, -0.05) is 129 Å². The number of hydrogen-bond acceptors (Lipinski definition) is 1. The van der Waals surface area contributed by atoms with Crippen LogP contribution < -0.4 is 0 Å². The Morgan fingerprint density at radius 2 is 0.645 bits per heavy atom. The fourth-order valence-corrected chi connectivity index (χ4v) is 4.89. The number of unbranched alkanes of at least 4 members (excludes halogenated alkanes) is 20. The van der Waals surface area contributed by atoms with Crippen LogP contribution in [0.15, 0.2) is 0 Å². The Kier molecular flexibility index (Phi) is 24.5. The van der Waals surface area contributed by atoms with Crippen molar-refractivity contribution >= 4 is 0 Å². The predicted molar refractivity (Wildman–Crippen MR) is 141 cm³/mol. The molecule has 0 saturated heterocycles. The first kappa shape index (κ1) is 30.9. The third-order valence-electron chi connectivity index (χ3n) is 7.24. The molecular weight excluding hydrogens is 378 g/mol. The molecule has 31 heavy (non-hydrogen) atoms. The average Bonchev–Trinajstić information content (AvgIpc) is 2.76. The van der Waals surface area contributed by atoms with Crippen LogP contribution in [-0.4, -0.2) is 42.9 Å². The Morgan fingerprint density at radius 1 is 0.387 bits per heavy atom. The van der Waals surface area contributed by atoms with Gasteiger partial charge in [0.2, 0.25) is 0 Å². The second-order valence-electron chi connectivity index (χ2n) is 10.6. The molecule has 0 aromatic carbocycles. The van der Waals surface area contributed by atoms with E-state index in [0.717, 1.165) is 11.0 Å². The van der Waals surface area contributed by atoms with Gasteiger partial charge in [0.1, 0.15) is 6.54 Å². The van der Waals surface area contributed by atoms with Crippen LogP contribution in [0, 0.1) is 0 Å². The SMILES string of the molecule is CCCCCCCCCCCCCCCCCC[N+](C)(CCO)CCCCCCCC. The van der Waals surface area contributed by atoms with Gasteiger partial charge in [0.05, 0.1) is 26.7 Å². The molecule has 2 nitrogen and oxygen atoms in total. The van der Waals surface area contributed by atoms with Crippen molar-refractivity contribution in [1.29, 1.82) is 0 Å². The number of nitrogens with zero attached hydrogens (tertiary/aromatic N) is 1. The second-order valence-corrected chi connectivity index (χ2v) is 10.6. The highest BCUT2D eigenvalue weighted by atomic mass is 16.3. The maximum Gasteiger partial charge on any atom is 0.102 e. The van der Waals surface area contributed by atoms with E-state index in [1.165, 1.54) is 154 Å². The van der Waals surface area contributed by atoms with E-state index in [4.69, 9.17) is 0 Å². The summed E-state index contributed by atoms with van der Waals surface area (Å²) >= 11 is 0. The zero-order chi connectivity index (χ0) is 22.9. The summed E-state index contributed by atoms with van der Waals surface area (Å²) in [6, 6.07) is 0. The summed E-state index contributed by atoms with van der Waals surface area (Å²) in [5.74, 6) is 0. The molecule has 0 aromatic rings. The van der Waals surface area contributed by atoms with Gasteiger partial charge in [0, 0.05) is 0 Å². The van der Waals surface area contributed by atoms with Crippen molar-refractivity contribution in [3.63, 3.8) is 0 Å². The molecule has 2 heteroatoms. The van der Waals surface area contributed by atoms with Gasteiger partial charge in [0.15, 0.2) is 0 Å². The molecule has 0 amide bonds. The summed E-state index contributed by atoms with van der Waals surface area (Å²) in [6.07, 6.45) is 31.2. The molecule has 0 spiro atoms. The summed E-state index contributed by atoms with van der Waals surface area (Å²) in [5, 5.41) is 9.49. The first-order valence-corrected chi connectivity index (χ1v) is 14.6.